The molecular weight excluding hydrogens is 269 g/mol. The zero-order valence-electron chi connectivity index (χ0n) is 10.6. The summed E-state index contributed by atoms with van der Waals surface area (Å²) in [4.78, 5) is 11.4. The van der Waals surface area contributed by atoms with Crippen molar-refractivity contribution in [2.75, 3.05) is 0 Å². The number of carboxylic acid groups (broad SMARTS) is 1. The number of hydrogen-bond donors (Lipinski definition) is 1. The van der Waals surface area contributed by atoms with Gasteiger partial charge in [-0.3, -0.25) is 0 Å². The van der Waals surface area contributed by atoms with E-state index in [4.69, 9.17) is 11.6 Å². The lowest BCUT2D eigenvalue weighted by Crippen LogP contribution is -2.08. The fourth-order valence-corrected chi connectivity index (χ4v) is 2.36. The molecular formula is C14H13ClFNO2. The van der Waals surface area contributed by atoms with Crippen molar-refractivity contribution in [3.63, 3.8) is 0 Å². The van der Waals surface area contributed by atoms with Gasteiger partial charge in [0.2, 0.25) is 0 Å². The predicted octanol–water partition coefficient (Wildman–Crippen LogP) is 3.97. The van der Waals surface area contributed by atoms with Gasteiger partial charge in [0.15, 0.2) is 0 Å². The SMILES string of the molecule is CCn1cc(C)c(-c2ccc(Cl)cc2F)c1C(=O)O. The third-order valence-corrected chi connectivity index (χ3v) is 3.25. The van der Waals surface area contributed by atoms with E-state index in [0.29, 0.717) is 12.1 Å². The summed E-state index contributed by atoms with van der Waals surface area (Å²) in [6.07, 6.45) is 1.72. The molecule has 100 valence electrons. The van der Waals surface area contributed by atoms with Crippen LogP contribution in [0.15, 0.2) is 24.4 Å². The molecule has 0 bridgehead atoms. The summed E-state index contributed by atoms with van der Waals surface area (Å²) in [5.41, 5.74) is 1.48. The molecule has 5 heteroatoms. The normalized spacial score (nSPS) is 10.7. The molecule has 0 amide bonds. The summed E-state index contributed by atoms with van der Waals surface area (Å²) >= 11 is 5.72. The predicted molar refractivity (Wildman–Crippen MR) is 72.2 cm³/mol. The lowest BCUT2D eigenvalue weighted by molar-refractivity contribution is 0.0686. The number of benzene rings is 1. The Bertz CT molecular complexity index is 649. The Balaban J connectivity index is 2.74. The molecule has 0 saturated heterocycles. The lowest BCUT2D eigenvalue weighted by atomic mass is 10.0. The maximum Gasteiger partial charge on any atom is 0.353 e. The molecule has 0 saturated carbocycles. The number of halogens is 2. The Labute approximate surface area is 115 Å². The number of aromatic nitrogens is 1. The molecule has 19 heavy (non-hydrogen) atoms. The van der Waals surface area contributed by atoms with Gasteiger partial charge in [-0.25, -0.2) is 9.18 Å². The van der Waals surface area contributed by atoms with Crippen molar-refractivity contribution >= 4 is 17.6 Å². The number of aryl methyl sites for hydroxylation is 2. The van der Waals surface area contributed by atoms with Crippen LogP contribution >= 0.6 is 11.6 Å². The molecule has 1 heterocycles. The van der Waals surface area contributed by atoms with Gasteiger partial charge in [-0.1, -0.05) is 11.6 Å². The summed E-state index contributed by atoms with van der Waals surface area (Å²) in [6.45, 7) is 4.12. The van der Waals surface area contributed by atoms with Crippen LogP contribution in [0.2, 0.25) is 5.02 Å². The highest BCUT2D eigenvalue weighted by Crippen LogP contribution is 2.32. The molecule has 0 radical (unpaired) electrons. The first kappa shape index (κ1) is 13.6. The van der Waals surface area contributed by atoms with E-state index in [0.717, 1.165) is 5.56 Å². The summed E-state index contributed by atoms with van der Waals surface area (Å²) in [5, 5.41) is 9.61. The molecule has 1 aromatic heterocycles. The van der Waals surface area contributed by atoms with Gasteiger partial charge in [0.25, 0.3) is 0 Å². The van der Waals surface area contributed by atoms with Crippen LogP contribution in [0.5, 0.6) is 0 Å². The van der Waals surface area contributed by atoms with E-state index in [1.54, 1.807) is 23.8 Å². The Hall–Kier alpha value is -1.81. The van der Waals surface area contributed by atoms with Crippen LogP contribution in [0.1, 0.15) is 23.0 Å². The van der Waals surface area contributed by atoms with Gasteiger partial charge in [0.05, 0.1) is 0 Å². The van der Waals surface area contributed by atoms with E-state index >= 15 is 0 Å². The molecule has 0 aliphatic heterocycles. The van der Waals surface area contributed by atoms with Crippen molar-refractivity contribution in [3.8, 4) is 11.1 Å². The molecule has 0 fully saturated rings. The van der Waals surface area contributed by atoms with Crippen LogP contribution in [0.25, 0.3) is 11.1 Å². The third-order valence-electron chi connectivity index (χ3n) is 3.01. The zero-order valence-corrected chi connectivity index (χ0v) is 11.3. The summed E-state index contributed by atoms with van der Waals surface area (Å²) in [6, 6.07) is 4.24. The first-order valence-electron chi connectivity index (χ1n) is 5.84. The molecule has 3 nitrogen and oxygen atoms in total. The second kappa shape index (κ2) is 5.05. The molecule has 0 spiro atoms. The number of carboxylic acids is 1. The molecule has 0 atom stereocenters. The van der Waals surface area contributed by atoms with Gasteiger partial charge in [-0.15, -0.1) is 0 Å². The number of carbonyl (C=O) groups is 1. The van der Waals surface area contributed by atoms with Crippen LogP contribution in [-0.2, 0) is 6.54 Å². The minimum absolute atomic E-state index is 0.0984. The van der Waals surface area contributed by atoms with E-state index in [1.165, 1.54) is 12.1 Å². The summed E-state index contributed by atoms with van der Waals surface area (Å²) in [5.74, 6) is -1.59. The van der Waals surface area contributed by atoms with Crippen LogP contribution in [0.3, 0.4) is 0 Å². The molecule has 0 aliphatic rings. The van der Waals surface area contributed by atoms with Gasteiger partial charge in [-0.05, 0) is 37.6 Å². The molecule has 0 unspecified atom stereocenters. The van der Waals surface area contributed by atoms with Crippen molar-refractivity contribution in [2.24, 2.45) is 0 Å². The molecule has 0 aliphatic carbocycles. The second-order valence-corrected chi connectivity index (χ2v) is 4.69. The van der Waals surface area contributed by atoms with Crippen LogP contribution in [-0.4, -0.2) is 15.6 Å². The van der Waals surface area contributed by atoms with Crippen molar-refractivity contribution in [1.82, 2.24) is 4.57 Å². The minimum atomic E-state index is -1.07. The van der Waals surface area contributed by atoms with Crippen LogP contribution in [0, 0.1) is 12.7 Å². The van der Waals surface area contributed by atoms with Crippen LogP contribution in [0.4, 0.5) is 4.39 Å². The smallest absolute Gasteiger partial charge is 0.353 e. The zero-order chi connectivity index (χ0) is 14.2. The molecule has 2 rings (SSSR count). The summed E-state index contributed by atoms with van der Waals surface area (Å²) < 4.78 is 15.6. The largest absolute Gasteiger partial charge is 0.477 e. The molecule has 1 N–H and O–H groups in total. The van der Waals surface area contributed by atoms with Crippen molar-refractivity contribution in [3.05, 3.63) is 46.5 Å². The Morgan fingerprint density at radius 1 is 1.47 bits per heavy atom. The number of nitrogens with zero attached hydrogens (tertiary/aromatic N) is 1. The second-order valence-electron chi connectivity index (χ2n) is 4.25. The first-order valence-corrected chi connectivity index (χ1v) is 6.22. The Morgan fingerprint density at radius 3 is 2.68 bits per heavy atom. The highest BCUT2D eigenvalue weighted by molar-refractivity contribution is 6.30. The average Bonchev–Trinajstić information content (AvgIpc) is 2.66. The average molecular weight is 282 g/mol. The van der Waals surface area contributed by atoms with Gasteiger partial charge >= 0.3 is 5.97 Å². The van der Waals surface area contributed by atoms with E-state index < -0.39 is 11.8 Å². The fourth-order valence-electron chi connectivity index (χ4n) is 2.20. The fraction of sp³-hybridized carbons (Fsp3) is 0.214. The summed E-state index contributed by atoms with van der Waals surface area (Å²) in [7, 11) is 0. The number of aromatic carboxylic acids is 1. The van der Waals surface area contributed by atoms with E-state index in [9.17, 15) is 14.3 Å². The van der Waals surface area contributed by atoms with Crippen molar-refractivity contribution in [2.45, 2.75) is 20.4 Å². The monoisotopic (exact) mass is 281 g/mol. The Morgan fingerprint density at radius 2 is 2.16 bits per heavy atom. The third kappa shape index (κ3) is 2.36. The lowest BCUT2D eigenvalue weighted by Gasteiger charge is -2.07. The maximum atomic E-state index is 14.0. The van der Waals surface area contributed by atoms with Crippen LogP contribution < -0.4 is 0 Å². The number of rotatable bonds is 3. The maximum absolute atomic E-state index is 14.0. The highest BCUT2D eigenvalue weighted by atomic mass is 35.5. The molecule has 2 aromatic rings. The van der Waals surface area contributed by atoms with Gasteiger partial charge < -0.3 is 9.67 Å². The van der Waals surface area contributed by atoms with Crippen molar-refractivity contribution < 1.29 is 14.3 Å². The number of hydrogen-bond acceptors (Lipinski definition) is 1. The van der Waals surface area contributed by atoms with Gasteiger partial charge in [0, 0.05) is 28.9 Å². The standard InChI is InChI=1S/C14H13ClFNO2/c1-3-17-7-8(2)12(13(17)14(18)19)10-5-4-9(15)6-11(10)16/h4-7H,3H2,1-2H3,(H,18,19). The van der Waals surface area contributed by atoms with Gasteiger partial charge in [-0.2, -0.15) is 0 Å². The van der Waals surface area contributed by atoms with E-state index in [2.05, 4.69) is 0 Å². The van der Waals surface area contributed by atoms with Gasteiger partial charge in [0.1, 0.15) is 11.5 Å². The van der Waals surface area contributed by atoms with Crippen molar-refractivity contribution in [1.29, 1.82) is 0 Å². The van der Waals surface area contributed by atoms with E-state index in [1.807, 2.05) is 6.92 Å². The van der Waals surface area contributed by atoms with E-state index in [-0.39, 0.29) is 16.3 Å². The highest BCUT2D eigenvalue weighted by Gasteiger charge is 2.22. The Kier molecular flexibility index (Phi) is 3.62. The molecule has 1 aromatic carbocycles. The topological polar surface area (TPSA) is 42.2 Å². The first-order chi connectivity index (χ1) is 8.95. The quantitative estimate of drug-likeness (QED) is 0.925. The minimum Gasteiger partial charge on any atom is -0.477 e.